The normalized spacial score (nSPS) is 9.58. The minimum absolute atomic E-state index is 0.0972. The maximum absolute atomic E-state index is 11.8. The van der Waals surface area contributed by atoms with E-state index in [4.69, 9.17) is 16.3 Å². The van der Waals surface area contributed by atoms with Crippen molar-refractivity contribution in [2.75, 3.05) is 25.1 Å². The van der Waals surface area contributed by atoms with Crippen molar-refractivity contribution in [3.8, 4) is 0 Å². The molecule has 0 spiro atoms. The summed E-state index contributed by atoms with van der Waals surface area (Å²) in [5.41, 5.74) is 0.674. The molecule has 1 aromatic carbocycles. The lowest BCUT2D eigenvalue weighted by Gasteiger charge is -2.18. The quantitative estimate of drug-likeness (QED) is 0.512. The van der Waals surface area contributed by atoms with Crippen LogP contribution >= 0.6 is 11.6 Å². The second kappa shape index (κ2) is 7.43. The molecule has 0 aliphatic carbocycles. The molecule has 0 radical (unpaired) electrons. The molecule has 0 bridgehead atoms. The van der Waals surface area contributed by atoms with Crippen molar-refractivity contribution in [2.24, 2.45) is 0 Å². The number of carbonyl (C=O) groups is 2. The van der Waals surface area contributed by atoms with E-state index in [9.17, 15) is 9.59 Å². The molecule has 2 amide bonds. The van der Waals surface area contributed by atoms with Crippen LogP contribution in [0, 0.1) is 0 Å². The van der Waals surface area contributed by atoms with Gasteiger partial charge in [-0.25, -0.2) is 9.59 Å². The summed E-state index contributed by atoms with van der Waals surface area (Å²) in [6, 6.07) is 6.62. The molecule has 19 heavy (non-hydrogen) atoms. The lowest BCUT2D eigenvalue weighted by Crippen LogP contribution is -2.39. The Labute approximate surface area is 116 Å². The topological polar surface area (TPSA) is 58.6 Å². The minimum Gasteiger partial charge on any atom is -0.461 e. The predicted octanol–water partition coefficient (Wildman–Crippen LogP) is 2.21. The Balaban J connectivity index is 2.41. The molecule has 0 heterocycles. The monoisotopic (exact) mass is 282 g/mol. The van der Waals surface area contributed by atoms with Crippen molar-refractivity contribution in [2.45, 2.75) is 0 Å². The molecule has 102 valence electrons. The molecule has 0 unspecified atom stereocenters. The van der Waals surface area contributed by atoms with E-state index in [0.717, 1.165) is 6.08 Å². The molecule has 5 nitrogen and oxygen atoms in total. The van der Waals surface area contributed by atoms with E-state index in [1.807, 2.05) is 0 Å². The van der Waals surface area contributed by atoms with Crippen LogP contribution in [0.25, 0.3) is 0 Å². The van der Waals surface area contributed by atoms with Crippen LogP contribution in [0.3, 0.4) is 0 Å². The third-order valence-corrected chi connectivity index (χ3v) is 2.52. The average molecular weight is 283 g/mol. The highest BCUT2D eigenvalue weighted by Crippen LogP contribution is 2.18. The standard InChI is InChI=1S/C13H15ClN2O3/c1-3-12(17)19-8-7-15-13(18)16(2)11-6-4-5-10(14)9-11/h3-6,9H,1,7-8H2,2H3,(H,15,18). The number of amides is 2. The number of halogens is 1. The molecular formula is C13H15ClN2O3. The van der Waals surface area contributed by atoms with Crippen molar-refractivity contribution < 1.29 is 14.3 Å². The van der Waals surface area contributed by atoms with Crippen LogP contribution in [0.15, 0.2) is 36.9 Å². The van der Waals surface area contributed by atoms with Crippen LogP contribution < -0.4 is 10.2 Å². The van der Waals surface area contributed by atoms with Gasteiger partial charge in [0.25, 0.3) is 0 Å². The Morgan fingerprint density at radius 1 is 1.53 bits per heavy atom. The van der Waals surface area contributed by atoms with Crippen molar-refractivity contribution in [3.05, 3.63) is 41.9 Å². The van der Waals surface area contributed by atoms with Crippen molar-refractivity contribution in [1.29, 1.82) is 0 Å². The largest absolute Gasteiger partial charge is 0.461 e. The summed E-state index contributed by atoms with van der Waals surface area (Å²) < 4.78 is 4.73. The number of anilines is 1. The Bertz CT molecular complexity index is 477. The number of hydrogen-bond acceptors (Lipinski definition) is 3. The summed E-state index contributed by atoms with van der Waals surface area (Å²) in [7, 11) is 1.62. The molecule has 1 aromatic rings. The van der Waals surface area contributed by atoms with E-state index >= 15 is 0 Å². The van der Waals surface area contributed by atoms with Crippen LogP contribution in [0.4, 0.5) is 10.5 Å². The molecule has 0 aliphatic rings. The first-order valence-electron chi connectivity index (χ1n) is 5.61. The van der Waals surface area contributed by atoms with Gasteiger partial charge in [-0.3, -0.25) is 4.90 Å². The molecule has 0 aromatic heterocycles. The van der Waals surface area contributed by atoms with E-state index in [1.54, 1.807) is 31.3 Å². The molecule has 0 saturated carbocycles. The van der Waals surface area contributed by atoms with E-state index < -0.39 is 5.97 Å². The summed E-state index contributed by atoms with van der Waals surface area (Å²) in [5, 5.41) is 3.17. The second-order valence-corrected chi connectivity index (χ2v) is 4.08. The zero-order chi connectivity index (χ0) is 14.3. The van der Waals surface area contributed by atoms with E-state index in [-0.39, 0.29) is 19.2 Å². The molecule has 0 aliphatic heterocycles. The van der Waals surface area contributed by atoms with Crippen LogP contribution in [-0.4, -0.2) is 32.2 Å². The number of esters is 1. The molecule has 0 saturated heterocycles. The number of nitrogens with zero attached hydrogens (tertiary/aromatic N) is 1. The van der Waals surface area contributed by atoms with E-state index in [2.05, 4.69) is 11.9 Å². The first-order chi connectivity index (χ1) is 9.04. The summed E-state index contributed by atoms with van der Waals surface area (Å²) in [6.45, 7) is 3.59. The fourth-order valence-electron chi connectivity index (χ4n) is 1.29. The van der Waals surface area contributed by atoms with Gasteiger partial charge in [0.2, 0.25) is 0 Å². The zero-order valence-corrected chi connectivity index (χ0v) is 11.3. The summed E-state index contributed by atoms with van der Waals surface area (Å²) in [4.78, 5) is 24.0. The number of carbonyl (C=O) groups excluding carboxylic acids is 2. The van der Waals surface area contributed by atoms with Crippen LogP contribution in [0.2, 0.25) is 5.02 Å². The minimum atomic E-state index is -0.516. The Hall–Kier alpha value is -2.01. The Morgan fingerprint density at radius 3 is 2.89 bits per heavy atom. The number of hydrogen-bond donors (Lipinski definition) is 1. The lowest BCUT2D eigenvalue weighted by atomic mass is 10.3. The highest BCUT2D eigenvalue weighted by atomic mass is 35.5. The van der Waals surface area contributed by atoms with Gasteiger partial charge in [-0.2, -0.15) is 0 Å². The fraction of sp³-hybridized carbons (Fsp3) is 0.231. The van der Waals surface area contributed by atoms with Crippen LogP contribution in [-0.2, 0) is 9.53 Å². The summed E-state index contributed by atoms with van der Waals surface area (Å²) >= 11 is 5.85. The Kier molecular flexibility index (Phi) is 5.89. The average Bonchev–Trinajstić information content (AvgIpc) is 2.42. The molecule has 1 rings (SSSR count). The first kappa shape index (κ1) is 15.0. The number of rotatable bonds is 5. The number of benzene rings is 1. The lowest BCUT2D eigenvalue weighted by molar-refractivity contribution is -0.137. The van der Waals surface area contributed by atoms with Gasteiger partial charge in [0.15, 0.2) is 0 Å². The van der Waals surface area contributed by atoms with Gasteiger partial charge in [-0.1, -0.05) is 24.2 Å². The molecule has 1 N–H and O–H groups in total. The smallest absolute Gasteiger partial charge is 0.330 e. The predicted molar refractivity (Wildman–Crippen MR) is 74.4 cm³/mol. The van der Waals surface area contributed by atoms with Gasteiger partial charge >= 0.3 is 12.0 Å². The van der Waals surface area contributed by atoms with Gasteiger partial charge in [0, 0.05) is 23.8 Å². The van der Waals surface area contributed by atoms with Crippen molar-refractivity contribution in [3.63, 3.8) is 0 Å². The number of nitrogens with one attached hydrogen (secondary N) is 1. The highest BCUT2D eigenvalue weighted by molar-refractivity contribution is 6.30. The van der Waals surface area contributed by atoms with Gasteiger partial charge in [0.05, 0.1) is 6.54 Å². The van der Waals surface area contributed by atoms with Gasteiger partial charge in [0.1, 0.15) is 6.61 Å². The van der Waals surface area contributed by atoms with Crippen LogP contribution in [0.1, 0.15) is 0 Å². The number of urea groups is 1. The maximum Gasteiger partial charge on any atom is 0.330 e. The third-order valence-electron chi connectivity index (χ3n) is 2.29. The second-order valence-electron chi connectivity index (χ2n) is 3.64. The maximum atomic E-state index is 11.8. The van der Waals surface area contributed by atoms with Gasteiger partial charge in [-0.15, -0.1) is 0 Å². The third kappa shape index (κ3) is 5.01. The summed E-state index contributed by atoms with van der Waals surface area (Å²) in [5.74, 6) is -0.516. The van der Waals surface area contributed by atoms with Crippen molar-refractivity contribution >= 4 is 29.3 Å². The molecule has 0 atom stereocenters. The molecular weight excluding hydrogens is 268 g/mol. The van der Waals surface area contributed by atoms with E-state index in [1.165, 1.54) is 4.90 Å². The molecule has 6 heteroatoms. The fourth-order valence-corrected chi connectivity index (χ4v) is 1.47. The van der Waals surface area contributed by atoms with Gasteiger partial charge < -0.3 is 10.1 Å². The summed E-state index contributed by atoms with van der Waals surface area (Å²) in [6.07, 6.45) is 1.07. The first-order valence-corrected chi connectivity index (χ1v) is 5.98. The Morgan fingerprint density at radius 2 is 2.26 bits per heavy atom. The van der Waals surface area contributed by atoms with E-state index in [0.29, 0.717) is 10.7 Å². The van der Waals surface area contributed by atoms with Gasteiger partial charge in [-0.05, 0) is 18.2 Å². The highest BCUT2D eigenvalue weighted by Gasteiger charge is 2.10. The number of ether oxygens (including phenoxy) is 1. The van der Waals surface area contributed by atoms with Crippen LogP contribution in [0.5, 0.6) is 0 Å². The zero-order valence-electron chi connectivity index (χ0n) is 10.6. The van der Waals surface area contributed by atoms with Crippen molar-refractivity contribution in [1.82, 2.24) is 5.32 Å². The SMILES string of the molecule is C=CC(=O)OCCNC(=O)N(C)c1cccc(Cl)c1. The molecule has 0 fully saturated rings.